The zero-order chi connectivity index (χ0) is 21.6. The Balaban J connectivity index is 1.36. The number of hydrogen-bond acceptors (Lipinski definition) is 6. The van der Waals surface area contributed by atoms with Crippen LogP contribution in [0.3, 0.4) is 0 Å². The molecule has 1 aromatic carbocycles. The highest BCUT2D eigenvalue weighted by Gasteiger charge is 2.35. The summed E-state index contributed by atoms with van der Waals surface area (Å²) in [5, 5.41) is 8.33. The van der Waals surface area contributed by atoms with E-state index in [0.717, 1.165) is 12.1 Å². The van der Waals surface area contributed by atoms with Gasteiger partial charge in [0.25, 0.3) is 0 Å². The smallest absolute Gasteiger partial charge is 0.244 e. The van der Waals surface area contributed by atoms with Crippen LogP contribution in [-0.2, 0) is 9.59 Å². The van der Waals surface area contributed by atoms with Gasteiger partial charge >= 0.3 is 0 Å². The Morgan fingerprint density at radius 1 is 1.20 bits per heavy atom. The van der Waals surface area contributed by atoms with Crippen LogP contribution < -0.4 is 20.9 Å². The number of aromatic nitrogens is 2. The van der Waals surface area contributed by atoms with Crippen molar-refractivity contribution in [3.8, 4) is 0 Å². The van der Waals surface area contributed by atoms with Gasteiger partial charge in [-0.3, -0.25) is 9.59 Å². The van der Waals surface area contributed by atoms with Gasteiger partial charge in [0.2, 0.25) is 17.8 Å². The summed E-state index contributed by atoms with van der Waals surface area (Å²) < 4.78 is 39.6. The molecular weight excluding hydrogens is 401 g/mol. The fraction of sp³-hybridized carbons (Fsp3) is 0.368. The maximum absolute atomic E-state index is 13.3. The second kappa shape index (κ2) is 7.47. The minimum atomic E-state index is -1.58. The summed E-state index contributed by atoms with van der Waals surface area (Å²) in [4.78, 5) is 34.5. The number of nitrogens with zero attached hydrogens (tertiary/aromatic N) is 3. The zero-order valence-electron chi connectivity index (χ0n) is 16.2. The van der Waals surface area contributed by atoms with Crippen molar-refractivity contribution in [3.05, 3.63) is 35.3 Å². The molecule has 0 atom stereocenters. The Morgan fingerprint density at radius 3 is 2.53 bits per heavy atom. The molecule has 158 valence electrons. The lowest BCUT2D eigenvalue weighted by molar-refractivity contribution is -0.122. The van der Waals surface area contributed by atoms with Gasteiger partial charge in [0.1, 0.15) is 5.69 Å². The second-order valence-corrected chi connectivity index (χ2v) is 7.49. The average molecular weight is 420 g/mol. The number of amides is 2. The molecule has 1 saturated carbocycles. The van der Waals surface area contributed by atoms with E-state index in [1.165, 1.54) is 0 Å². The van der Waals surface area contributed by atoms with E-state index >= 15 is 0 Å². The zero-order valence-corrected chi connectivity index (χ0v) is 16.2. The van der Waals surface area contributed by atoms with Crippen molar-refractivity contribution in [2.45, 2.75) is 25.8 Å². The predicted octanol–water partition coefficient (Wildman–Crippen LogP) is 2.42. The first kappa shape index (κ1) is 19.9. The molecule has 1 aliphatic carbocycles. The van der Waals surface area contributed by atoms with Crippen molar-refractivity contribution in [2.24, 2.45) is 5.92 Å². The summed E-state index contributed by atoms with van der Waals surface area (Å²) in [5.41, 5.74) is 1.06. The van der Waals surface area contributed by atoms with Gasteiger partial charge in [-0.2, -0.15) is 4.98 Å². The topological polar surface area (TPSA) is 99.2 Å². The van der Waals surface area contributed by atoms with Crippen molar-refractivity contribution in [2.75, 3.05) is 34.4 Å². The van der Waals surface area contributed by atoms with Crippen LogP contribution in [0, 0.1) is 30.3 Å². The molecule has 30 heavy (non-hydrogen) atoms. The average Bonchev–Trinajstić information content (AvgIpc) is 2.63. The van der Waals surface area contributed by atoms with E-state index in [1.807, 2.05) is 0 Å². The number of benzene rings is 1. The summed E-state index contributed by atoms with van der Waals surface area (Å²) >= 11 is 0. The summed E-state index contributed by atoms with van der Waals surface area (Å²) in [6.07, 6.45) is 0.952. The van der Waals surface area contributed by atoms with E-state index in [4.69, 9.17) is 0 Å². The third-order valence-corrected chi connectivity index (χ3v) is 5.17. The van der Waals surface area contributed by atoms with Crippen LogP contribution in [0.2, 0.25) is 0 Å². The summed E-state index contributed by atoms with van der Waals surface area (Å²) in [6.45, 7) is 1.96. The largest absolute Gasteiger partial charge is 0.351 e. The summed E-state index contributed by atoms with van der Waals surface area (Å²) in [5.74, 6) is -4.20. The van der Waals surface area contributed by atoms with Crippen LogP contribution in [0.25, 0.3) is 0 Å². The van der Waals surface area contributed by atoms with Gasteiger partial charge in [-0.25, -0.2) is 18.2 Å². The quantitative estimate of drug-likeness (QED) is 0.657. The summed E-state index contributed by atoms with van der Waals surface area (Å²) in [6, 6.07) is 1.43. The van der Waals surface area contributed by atoms with E-state index in [1.54, 1.807) is 18.9 Å². The Labute approximate surface area is 169 Å². The predicted molar refractivity (Wildman–Crippen MR) is 104 cm³/mol. The summed E-state index contributed by atoms with van der Waals surface area (Å²) in [7, 11) is 1.76. The van der Waals surface area contributed by atoms with Gasteiger partial charge in [-0.1, -0.05) is 0 Å². The molecule has 1 aliphatic heterocycles. The number of carbonyl (C=O) groups excluding carboxylic acids is 2. The molecule has 2 aromatic rings. The third-order valence-electron chi connectivity index (χ3n) is 5.17. The molecule has 1 fully saturated rings. The maximum Gasteiger partial charge on any atom is 0.244 e. The first-order valence-electron chi connectivity index (χ1n) is 9.33. The van der Waals surface area contributed by atoms with Crippen molar-refractivity contribution in [1.82, 2.24) is 9.97 Å². The highest BCUT2D eigenvalue weighted by Crippen LogP contribution is 2.33. The number of fused-ring (bicyclic) bond motifs is 1. The fourth-order valence-corrected chi connectivity index (χ4v) is 3.52. The molecule has 4 rings (SSSR count). The first-order valence-corrected chi connectivity index (χ1v) is 9.33. The van der Waals surface area contributed by atoms with E-state index < -0.39 is 23.4 Å². The lowest BCUT2D eigenvalue weighted by atomic mass is 9.79. The third kappa shape index (κ3) is 3.74. The van der Waals surface area contributed by atoms with Gasteiger partial charge in [-0.05, 0) is 19.8 Å². The molecule has 0 radical (unpaired) electrons. The number of anilines is 4. The monoisotopic (exact) mass is 420 g/mol. The van der Waals surface area contributed by atoms with Gasteiger partial charge in [-0.15, -0.1) is 0 Å². The van der Waals surface area contributed by atoms with Gasteiger partial charge in [0.05, 0.1) is 12.2 Å². The van der Waals surface area contributed by atoms with Crippen LogP contribution in [0.5, 0.6) is 0 Å². The number of likely N-dealkylation sites (N-methyl/N-ethyl adjacent to an activating group) is 1. The number of hydrogen-bond donors (Lipinski definition) is 3. The Bertz CT molecular complexity index is 1020. The van der Waals surface area contributed by atoms with Crippen LogP contribution in [-0.4, -0.2) is 41.4 Å². The standard InChI is InChI=1S/C19H19F3N6O2/c1-8-16-17(28(2)7-14(29)26-16)27-19(23-8)25-10-3-9(4-10)18(30)24-11-5-12(20)15(22)13(21)6-11/h5-6,9-10H,3-4,7H2,1-2H3,(H,24,30)(H,26,29)(H,23,25,27)/t9-,10-. The van der Waals surface area contributed by atoms with Crippen LogP contribution in [0.1, 0.15) is 18.5 Å². The van der Waals surface area contributed by atoms with Crippen molar-refractivity contribution in [3.63, 3.8) is 0 Å². The van der Waals surface area contributed by atoms with Crippen LogP contribution >= 0.6 is 0 Å². The molecule has 11 heteroatoms. The van der Waals surface area contributed by atoms with Crippen LogP contribution in [0.15, 0.2) is 12.1 Å². The molecule has 1 aromatic heterocycles. The minimum absolute atomic E-state index is 0.0524. The first-order chi connectivity index (χ1) is 14.2. The van der Waals surface area contributed by atoms with E-state index in [2.05, 4.69) is 25.9 Å². The van der Waals surface area contributed by atoms with Crippen LogP contribution in [0.4, 0.5) is 36.3 Å². The number of aryl methyl sites for hydroxylation is 1. The number of nitrogens with one attached hydrogen (secondary N) is 3. The van der Waals surface area contributed by atoms with E-state index in [-0.39, 0.29) is 30.1 Å². The number of rotatable bonds is 4. The Kier molecular flexibility index (Phi) is 4.96. The molecule has 8 nitrogen and oxygen atoms in total. The number of halogens is 3. The highest BCUT2D eigenvalue weighted by molar-refractivity contribution is 6.00. The molecular formula is C19H19F3N6O2. The SMILES string of the molecule is Cc1nc(N[C@H]2C[C@H](C(=O)Nc3cc(F)c(F)c(F)c3)C2)nc2c1NC(=O)CN2C. The molecule has 2 heterocycles. The molecule has 0 unspecified atom stereocenters. The Morgan fingerprint density at radius 2 is 1.87 bits per heavy atom. The van der Waals surface area contributed by atoms with Crippen molar-refractivity contribution in [1.29, 1.82) is 0 Å². The second-order valence-electron chi connectivity index (χ2n) is 7.49. The molecule has 0 spiro atoms. The maximum atomic E-state index is 13.3. The fourth-order valence-electron chi connectivity index (χ4n) is 3.52. The molecule has 3 N–H and O–H groups in total. The van der Waals surface area contributed by atoms with Gasteiger partial charge in [0, 0.05) is 36.8 Å². The van der Waals surface area contributed by atoms with Gasteiger partial charge < -0.3 is 20.9 Å². The molecule has 2 amide bonds. The van der Waals surface area contributed by atoms with Crippen molar-refractivity contribution < 1.29 is 22.8 Å². The molecule has 0 saturated heterocycles. The van der Waals surface area contributed by atoms with E-state index in [0.29, 0.717) is 36.0 Å². The van der Waals surface area contributed by atoms with Gasteiger partial charge in [0.15, 0.2) is 23.3 Å². The molecule has 2 aliphatic rings. The minimum Gasteiger partial charge on any atom is -0.351 e. The normalized spacial score (nSPS) is 20.2. The number of carbonyl (C=O) groups is 2. The highest BCUT2D eigenvalue weighted by atomic mass is 19.2. The van der Waals surface area contributed by atoms with Crippen molar-refractivity contribution >= 4 is 35.0 Å². The Hall–Kier alpha value is -3.37. The van der Waals surface area contributed by atoms with E-state index in [9.17, 15) is 22.8 Å². The lowest BCUT2D eigenvalue weighted by Gasteiger charge is -2.35. The molecule has 0 bridgehead atoms. The lowest BCUT2D eigenvalue weighted by Crippen LogP contribution is -2.42.